The molecule has 2 aliphatic heterocycles. The Morgan fingerprint density at radius 3 is 2.21 bits per heavy atom. The number of carbonyl (C=O) groups excluding carboxylic acids is 2. The molecule has 2 fully saturated rings. The number of carbonyl (C=O) groups is 3. The number of hydrogen-bond acceptors (Lipinski definition) is 5. The summed E-state index contributed by atoms with van der Waals surface area (Å²) in [7, 11) is 0. The molecule has 0 bridgehead atoms. The summed E-state index contributed by atoms with van der Waals surface area (Å²) in [5.74, 6) is -1.78. The molecule has 0 saturated carbocycles. The van der Waals surface area contributed by atoms with Crippen LogP contribution in [-0.2, 0) is 20.9 Å². The first-order chi connectivity index (χ1) is 13.6. The van der Waals surface area contributed by atoms with Gasteiger partial charge in [-0.15, -0.1) is 0 Å². The Morgan fingerprint density at radius 2 is 1.62 bits per heavy atom. The van der Waals surface area contributed by atoms with Crippen LogP contribution in [0.3, 0.4) is 0 Å². The third-order valence-electron chi connectivity index (χ3n) is 5.31. The molecule has 0 aromatic heterocycles. The van der Waals surface area contributed by atoms with Crippen LogP contribution in [0.25, 0.3) is 0 Å². The molecule has 29 heavy (non-hydrogen) atoms. The zero-order valence-corrected chi connectivity index (χ0v) is 17.0. The molecule has 1 aromatic rings. The molecule has 3 rings (SSSR count). The standard InChI is InChI=1S/C21H28N2O6/c1-21(2,3)29-20(27)22-9-15(10-22)16-11-23(12-17(16)18(24)25)19(26)28-13-14-7-5-4-6-8-14/h4-8,15-17H,9-13H2,1-3H3,(H,24,25). The van der Waals surface area contributed by atoms with Gasteiger partial charge in [0.15, 0.2) is 0 Å². The number of amides is 2. The highest BCUT2D eigenvalue weighted by Gasteiger charge is 2.48. The van der Waals surface area contributed by atoms with Crippen LogP contribution < -0.4 is 0 Å². The van der Waals surface area contributed by atoms with E-state index < -0.39 is 29.7 Å². The van der Waals surface area contributed by atoms with Crippen molar-refractivity contribution in [3.63, 3.8) is 0 Å². The fourth-order valence-electron chi connectivity index (χ4n) is 3.79. The molecule has 2 atom stereocenters. The van der Waals surface area contributed by atoms with Gasteiger partial charge in [-0.25, -0.2) is 9.59 Å². The Balaban J connectivity index is 1.54. The number of rotatable bonds is 4. The van der Waals surface area contributed by atoms with Crippen molar-refractivity contribution in [3.8, 4) is 0 Å². The number of nitrogens with zero attached hydrogens (tertiary/aromatic N) is 2. The van der Waals surface area contributed by atoms with E-state index in [0.717, 1.165) is 5.56 Å². The van der Waals surface area contributed by atoms with Gasteiger partial charge in [0, 0.05) is 26.2 Å². The van der Waals surface area contributed by atoms with Gasteiger partial charge >= 0.3 is 18.2 Å². The molecular weight excluding hydrogens is 376 g/mol. The summed E-state index contributed by atoms with van der Waals surface area (Å²) < 4.78 is 10.7. The summed E-state index contributed by atoms with van der Waals surface area (Å²) in [5, 5.41) is 9.60. The second-order valence-electron chi connectivity index (χ2n) is 8.70. The highest BCUT2D eigenvalue weighted by molar-refractivity contribution is 5.75. The first-order valence-electron chi connectivity index (χ1n) is 9.80. The van der Waals surface area contributed by atoms with E-state index >= 15 is 0 Å². The number of carboxylic acid groups (broad SMARTS) is 1. The molecule has 2 aliphatic rings. The Kier molecular flexibility index (Phi) is 6.00. The highest BCUT2D eigenvalue weighted by atomic mass is 16.6. The van der Waals surface area contributed by atoms with Crippen LogP contribution in [0.2, 0.25) is 0 Å². The van der Waals surface area contributed by atoms with Crippen molar-refractivity contribution in [3.05, 3.63) is 35.9 Å². The lowest BCUT2D eigenvalue weighted by Gasteiger charge is -2.43. The average molecular weight is 404 g/mol. The molecule has 1 N–H and O–H groups in total. The van der Waals surface area contributed by atoms with Gasteiger partial charge in [0.05, 0.1) is 5.92 Å². The third kappa shape index (κ3) is 5.19. The lowest BCUT2D eigenvalue weighted by Crippen LogP contribution is -2.55. The van der Waals surface area contributed by atoms with Crippen molar-refractivity contribution in [2.45, 2.75) is 33.0 Å². The van der Waals surface area contributed by atoms with Crippen LogP contribution in [-0.4, -0.2) is 64.8 Å². The van der Waals surface area contributed by atoms with Crippen molar-refractivity contribution in [1.29, 1.82) is 0 Å². The molecule has 2 heterocycles. The van der Waals surface area contributed by atoms with Crippen molar-refractivity contribution in [1.82, 2.24) is 9.80 Å². The normalized spacial score (nSPS) is 22.2. The summed E-state index contributed by atoms with van der Waals surface area (Å²) in [4.78, 5) is 39.3. The molecule has 158 valence electrons. The number of carboxylic acids is 1. The maximum absolute atomic E-state index is 12.4. The second-order valence-corrected chi connectivity index (χ2v) is 8.70. The van der Waals surface area contributed by atoms with Gasteiger partial charge < -0.3 is 24.4 Å². The monoisotopic (exact) mass is 404 g/mol. The Labute approximate surface area is 170 Å². The van der Waals surface area contributed by atoms with Crippen molar-refractivity contribution in [2.75, 3.05) is 26.2 Å². The minimum absolute atomic E-state index is 0.0236. The Bertz CT molecular complexity index is 754. The van der Waals surface area contributed by atoms with Gasteiger partial charge in [0.2, 0.25) is 0 Å². The minimum atomic E-state index is -0.927. The highest BCUT2D eigenvalue weighted by Crippen LogP contribution is 2.36. The molecule has 8 heteroatoms. The predicted octanol–water partition coefficient (Wildman–Crippen LogP) is 2.82. The van der Waals surface area contributed by atoms with Crippen LogP contribution in [0.4, 0.5) is 9.59 Å². The quantitative estimate of drug-likeness (QED) is 0.829. The summed E-state index contributed by atoms with van der Waals surface area (Å²) in [6, 6.07) is 9.33. The van der Waals surface area contributed by atoms with Crippen LogP contribution in [0.5, 0.6) is 0 Å². The van der Waals surface area contributed by atoms with E-state index in [-0.39, 0.29) is 25.0 Å². The lowest BCUT2D eigenvalue weighted by molar-refractivity contribution is -0.143. The predicted molar refractivity (Wildman–Crippen MR) is 104 cm³/mol. The van der Waals surface area contributed by atoms with Crippen LogP contribution in [0.15, 0.2) is 30.3 Å². The zero-order chi connectivity index (χ0) is 21.2. The van der Waals surface area contributed by atoms with Gasteiger partial charge in [-0.3, -0.25) is 4.79 Å². The number of ether oxygens (including phenoxy) is 2. The molecule has 8 nitrogen and oxygen atoms in total. The van der Waals surface area contributed by atoms with Crippen molar-refractivity contribution < 1.29 is 29.0 Å². The van der Waals surface area contributed by atoms with Gasteiger partial charge in [0.25, 0.3) is 0 Å². The van der Waals surface area contributed by atoms with E-state index in [1.165, 1.54) is 4.90 Å². The summed E-state index contributed by atoms with van der Waals surface area (Å²) >= 11 is 0. The average Bonchev–Trinajstić information content (AvgIpc) is 3.03. The molecule has 2 saturated heterocycles. The van der Waals surface area contributed by atoms with Gasteiger partial charge in [0.1, 0.15) is 12.2 Å². The number of hydrogen-bond donors (Lipinski definition) is 1. The SMILES string of the molecule is CC(C)(C)OC(=O)N1CC(C2CN(C(=O)OCc3ccccc3)CC2C(=O)O)C1. The zero-order valence-electron chi connectivity index (χ0n) is 17.0. The van der Waals surface area contributed by atoms with Gasteiger partial charge in [-0.05, 0) is 38.2 Å². The second kappa shape index (κ2) is 8.31. The van der Waals surface area contributed by atoms with Crippen LogP contribution >= 0.6 is 0 Å². The first-order valence-corrected chi connectivity index (χ1v) is 9.80. The number of likely N-dealkylation sites (tertiary alicyclic amines) is 2. The third-order valence-corrected chi connectivity index (χ3v) is 5.31. The van der Waals surface area contributed by atoms with E-state index in [1.54, 1.807) is 25.7 Å². The van der Waals surface area contributed by atoms with E-state index in [2.05, 4.69) is 0 Å². The topological polar surface area (TPSA) is 96.4 Å². The van der Waals surface area contributed by atoms with E-state index in [0.29, 0.717) is 19.6 Å². The molecule has 2 amide bonds. The summed E-state index contributed by atoms with van der Waals surface area (Å²) in [5.41, 5.74) is 0.303. The van der Waals surface area contributed by atoms with E-state index in [9.17, 15) is 19.5 Å². The Morgan fingerprint density at radius 1 is 1.00 bits per heavy atom. The molecular formula is C21H28N2O6. The summed E-state index contributed by atoms with van der Waals surface area (Å²) in [6.45, 7) is 6.88. The van der Waals surface area contributed by atoms with Crippen LogP contribution in [0, 0.1) is 17.8 Å². The molecule has 1 aromatic carbocycles. The van der Waals surface area contributed by atoms with Crippen molar-refractivity contribution >= 4 is 18.2 Å². The van der Waals surface area contributed by atoms with E-state index in [4.69, 9.17) is 9.47 Å². The maximum atomic E-state index is 12.4. The first kappa shape index (κ1) is 21.0. The largest absolute Gasteiger partial charge is 0.481 e. The molecule has 0 aliphatic carbocycles. The maximum Gasteiger partial charge on any atom is 0.410 e. The molecule has 0 radical (unpaired) electrons. The fourth-order valence-corrected chi connectivity index (χ4v) is 3.79. The smallest absolute Gasteiger partial charge is 0.410 e. The minimum Gasteiger partial charge on any atom is -0.481 e. The van der Waals surface area contributed by atoms with Gasteiger partial charge in [-0.1, -0.05) is 30.3 Å². The van der Waals surface area contributed by atoms with E-state index in [1.807, 2.05) is 30.3 Å². The summed E-state index contributed by atoms with van der Waals surface area (Å²) in [6.07, 6.45) is -0.899. The molecule has 2 unspecified atom stereocenters. The number of benzene rings is 1. The lowest BCUT2D eigenvalue weighted by atomic mass is 9.79. The fraction of sp³-hybridized carbons (Fsp3) is 0.571. The molecule has 0 spiro atoms. The van der Waals surface area contributed by atoms with Gasteiger partial charge in [-0.2, -0.15) is 0 Å². The van der Waals surface area contributed by atoms with Crippen LogP contribution in [0.1, 0.15) is 26.3 Å². The Hall–Kier alpha value is -2.77. The number of aliphatic carboxylic acids is 1. The van der Waals surface area contributed by atoms with Crippen molar-refractivity contribution in [2.24, 2.45) is 17.8 Å².